The molecule has 7 heteroatoms. The Balaban J connectivity index is 1.61. The summed E-state index contributed by atoms with van der Waals surface area (Å²) in [7, 11) is -3.71. The highest BCUT2D eigenvalue weighted by Gasteiger charge is 2.36. The van der Waals surface area contributed by atoms with Crippen LogP contribution in [-0.4, -0.2) is 26.2 Å². The number of amides is 1. The van der Waals surface area contributed by atoms with Gasteiger partial charge in [-0.25, -0.2) is 8.42 Å². The normalized spacial score (nSPS) is 15.3. The summed E-state index contributed by atoms with van der Waals surface area (Å²) in [6, 6.07) is 18.3. The molecule has 1 aliphatic heterocycles. The number of fused-ring (bicyclic) bond motifs is 1. The Labute approximate surface area is 187 Å². The third kappa shape index (κ3) is 4.03. The number of carbonyl (C=O) groups is 2. The number of nitrogens with zero attached hydrogens (tertiary/aromatic N) is 1. The average Bonchev–Trinajstić information content (AvgIpc) is 3.09. The molecule has 0 aliphatic carbocycles. The minimum absolute atomic E-state index is 0.0810. The predicted molar refractivity (Wildman–Crippen MR) is 125 cm³/mol. The number of nitrogens with one attached hydrogen (secondary N) is 1. The first-order chi connectivity index (χ1) is 15.2. The second-order valence-electron chi connectivity index (χ2n) is 8.10. The molecule has 1 N–H and O–H groups in total. The van der Waals surface area contributed by atoms with Crippen molar-refractivity contribution in [3.8, 4) is 0 Å². The molecule has 3 aromatic carbocycles. The van der Waals surface area contributed by atoms with Crippen LogP contribution in [0.3, 0.4) is 0 Å². The van der Waals surface area contributed by atoms with Gasteiger partial charge in [-0.1, -0.05) is 29.8 Å². The molecular formula is C25H24N2O4S. The molecule has 0 saturated heterocycles. The summed E-state index contributed by atoms with van der Waals surface area (Å²) in [4.78, 5) is 24.6. The monoisotopic (exact) mass is 448 g/mol. The molecule has 4 rings (SSSR count). The summed E-state index contributed by atoms with van der Waals surface area (Å²) in [5, 5.41) is 2.81. The summed E-state index contributed by atoms with van der Waals surface area (Å²) in [5.74, 6) is -0.400. The number of hydrogen-bond donors (Lipinski definition) is 1. The van der Waals surface area contributed by atoms with E-state index < -0.39 is 10.0 Å². The van der Waals surface area contributed by atoms with Crippen molar-refractivity contribution < 1.29 is 18.0 Å². The summed E-state index contributed by atoms with van der Waals surface area (Å²) < 4.78 is 28.0. The molecule has 0 radical (unpaired) electrons. The van der Waals surface area contributed by atoms with E-state index in [1.807, 2.05) is 13.8 Å². The number of carbonyl (C=O) groups excluding carboxylic acids is 2. The summed E-state index contributed by atoms with van der Waals surface area (Å²) >= 11 is 0. The summed E-state index contributed by atoms with van der Waals surface area (Å²) in [6.07, 6.45) is 0.515. The molecule has 0 spiro atoms. The van der Waals surface area contributed by atoms with Gasteiger partial charge in [-0.05, 0) is 75.2 Å². The number of benzene rings is 3. The van der Waals surface area contributed by atoms with Gasteiger partial charge in [-0.2, -0.15) is 0 Å². The van der Waals surface area contributed by atoms with Gasteiger partial charge in [0.2, 0.25) is 0 Å². The molecule has 6 nitrogen and oxygen atoms in total. The largest absolute Gasteiger partial charge is 0.322 e. The van der Waals surface area contributed by atoms with Crippen molar-refractivity contribution >= 4 is 33.1 Å². The maximum Gasteiger partial charge on any atom is 0.264 e. The van der Waals surface area contributed by atoms with E-state index in [0.29, 0.717) is 28.9 Å². The molecule has 1 aliphatic rings. The van der Waals surface area contributed by atoms with Gasteiger partial charge in [-0.15, -0.1) is 0 Å². The lowest BCUT2D eigenvalue weighted by atomic mass is 10.1. The van der Waals surface area contributed by atoms with E-state index in [4.69, 9.17) is 0 Å². The molecule has 0 bridgehead atoms. The third-order valence-electron chi connectivity index (χ3n) is 5.60. The minimum Gasteiger partial charge on any atom is -0.322 e. The number of hydrogen-bond acceptors (Lipinski definition) is 4. The van der Waals surface area contributed by atoms with E-state index in [1.54, 1.807) is 66.7 Å². The summed E-state index contributed by atoms with van der Waals surface area (Å²) in [6.45, 7) is 5.24. The lowest BCUT2D eigenvalue weighted by molar-refractivity contribution is 0.101. The molecule has 164 valence electrons. The van der Waals surface area contributed by atoms with Crippen molar-refractivity contribution in [3.05, 3.63) is 89.0 Å². The van der Waals surface area contributed by atoms with Crippen LogP contribution in [0.5, 0.6) is 0 Å². The average molecular weight is 449 g/mol. The fraction of sp³-hybridized carbons (Fsp3) is 0.200. The maximum absolute atomic E-state index is 13.3. The van der Waals surface area contributed by atoms with Crippen LogP contribution < -0.4 is 9.62 Å². The number of sulfonamides is 1. The Morgan fingerprint density at radius 2 is 1.69 bits per heavy atom. The van der Waals surface area contributed by atoms with Crippen molar-refractivity contribution in [3.63, 3.8) is 0 Å². The van der Waals surface area contributed by atoms with Crippen molar-refractivity contribution in [2.45, 2.75) is 38.1 Å². The van der Waals surface area contributed by atoms with Gasteiger partial charge in [0, 0.05) is 22.9 Å². The Morgan fingerprint density at radius 3 is 2.38 bits per heavy atom. The lowest BCUT2D eigenvalue weighted by Gasteiger charge is -2.24. The molecule has 1 heterocycles. The van der Waals surface area contributed by atoms with Gasteiger partial charge in [0.05, 0.1) is 10.6 Å². The number of Topliss-reactive ketones (excluding diaryl/α,β-unsaturated/α-hetero) is 1. The molecular weight excluding hydrogens is 424 g/mol. The number of ketones is 1. The van der Waals surface area contributed by atoms with Crippen molar-refractivity contribution in [2.75, 3.05) is 9.62 Å². The topological polar surface area (TPSA) is 83.6 Å². The van der Waals surface area contributed by atoms with Crippen molar-refractivity contribution in [1.82, 2.24) is 0 Å². The molecule has 0 fully saturated rings. The predicted octanol–water partition coefficient (Wildman–Crippen LogP) is 4.59. The molecule has 1 atom stereocenters. The Kier molecular flexibility index (Phi) is 5.60. The highest BCUT2D eigenvalue weighted by atomic mass is 32.2. The lowest BCUT2D eigenvalue weighted by Crippen LogP contribution is -2.35. The molecule has 32 heavy (non-hydrogen) atoms. The van der Waals surface area contributed by atoms with Gasteiger partial charge < -0.3 is 5.32 Å². The van der Waals surface area contributed by atoms with E-state index in [0.717, 1.165) is 11.1 Å². The second-order valence-corrected chi connectivity index (χ2v) is 9.92. The Morgan fingerprint density at radius 1 is 0.969 bits per heavy atom. The number of aryl methyl sites for hydroxylation is 1. The SMILES string of the molecule is CC(=O)c1cccc(NC(=O)c2ccc3c(c2)C[C@@H](C)N3S(=O)(=O)c2ccc(C)cc2)c1. The van der Waals surface area contributed by atoms with E-state index in [1.165, 1.54) is 11.2 Å². The fourth-order valence-corrected chi connectivity index (χ4v) is 5.65. The Hall–Kier alpha value is -3.45. The zero-order chi connectivity index (χ0) is 23.0. The van der Waals surface area contributed by atoms with Crippen LogP contribution >= 0.6 is 0 Å². The van der Waals surface area contributed by atoms with Gasteiger partial charge in [-0.3, -0.25) is 13.9 Å². The maximum atomic E-state index is 13.3. The van der Waals surface area contributed by atoms with E-state index >= 15 is 0 Å². The van der Waals surface area contributed by atoms with Crippen LogP contribution in [-0.2, 0) is 16.4 Å². The first kappa shape index (κ1) is 21.8. The van der Waals surface area contributed by atoms with Crippen LogP contribution in [0.1, 0.15) is 45.7 Å². The highest BCUT2D eigenvalue weighted by Crippen LogP contribution is 2.37. The van der Waals surface area contributed by atoms with Crippen LogP contribution in [0.25, 0.3) is 0 Å². The van der Waals surface area contributed by atoms with Crippen molar-refractivity contribution in [2.24, 2.45) is 0 Å². The highest BCUT2D eigenvalue weighted by molar-refractivity contribution is 7.92. The third-order valence-corrected chi connectivity index (χ3v) is 7.54. The van der Waals surface area contributed by atoms with Gasteiger partial charge in [0.15, 0.2) is 5.78 Å². The van der Waals surface area contributed by atoms with E-state index in [-0.39, 0.29) is 22.6 Å². The minimum atomic E-state index is -3.71. The van der Waals surface area contributed by atoms with Crippen LogP contribution in [0.2, 0.25) is 0 Å². The quantitative estimate of drug-likeness (QED) is 0.579. The van der Waals surface area contributed by atoms with Gasteiger partial charge >= 0.3 is 0 Å². The molecule has 1 amide bonds. The van der Waals surface area contributed by atoms with Crippen LogP contribution in [0, 0.1) is 6.92 Å². The van der Waals surface area contributed by atoms with E-state index in [2.05, 4.69) is 5.32 Å². The molecule has 0 unspecified atom stereocenters. The van der Waals surface area contributed by atoms with Gasteiger partial charge in [0.1, 0.15) is 0 Å². The smallest absolute Gasteiger partial charge is 0.264 e. The van der Waals surface area contributed by atoms with Gasteiger partial charge in [0.25, 0.3) is 15.9 Å². The van der Waals surface area contributed by atoms with E-state index in [9.17, 15) is 18.0 Å². The first-order valence-electron chi connectivity index (χ1n) is 10.3. The first-order valence-corrected chi connectivity index (χ1v) is 11.8. The standard InChI is InChI=1S/C25H24N2O4S/c1-16-7-10-23(11-8-16)32(30,31)27-17(2)13-21-14-20(9-12-24(21)27)25(29)26-22-6-4-5-19(15-22)18(3)28/h4-12,14-15,17H,13H2,1-3H3,(H,26,29)/t17-/m1/s1. The van der Waals surface area contributed by atoms with Crippen molar-refractivity contribution in [1.29, 1.82) is 0 Å². The number of anilines is 2. The van der Waals surface area contributed by atoms with Crippen LogP contribution in [0.4, 0.5) is 11.4 Å². The fourth-order valence-electron chi connectivity index (χ4n) is 3.95. The van der Waals surface area contributed by atoms with Crippen LogP contribution in [0.15, 0.2) is 71.6 Å². The zero-order valence-corrected chi connectivity index (χ0v) is 18.9. The Bertz CT molecular complexity index is 1310. The number of rotatable bonds is 5. The second kappa shape index (κ2) is 8.24. The molecule has 0 aromatic heterocycles. The molecule has 0 saturated carbocycles. The zero-order valence-electron chi connectivity index (χ0n) is 18.1. The molecule has 3 aromatic rings. The summed E-state index contributed by atoms with van der Waals surface area (Å²) in [5.41, 5.74) is 3.86.